The Kier molecular flexibility index (Phi) is 6.48. The molecule has 1 aromatic carbocycles. The average Bonchev–Trinajstić information content (AvgIpc) is 2.39. The highest BCUT2D eigenvalue weighted by molar-refractivity contribution is 5.97. The van der Waals surface area contributed by atoms with E-state index in [2.05, 4.69) is 0 Å². The zero-order valence-electron chi connectivity index (χ0n) is 12.5. The zero-order chi connectivity index (χ0) is 15.1. The summed E-state index contributed by atoms with van der Waals surface area (Å²) in [5.74, 6) is -0.217. The number of hydrogen-bond acceptors (Lipinski definition) is 4. The first-order valence-electron chi connectivity index (χ1n) is 6.59. The number of benzene rings is 1. The van der Waals surface area contributed by atoms with Gasteiger partial charge in [0.1, 0.15) is 5.75 Å². The van der Waals surface area contributed by atoms with Gasteiger partial charge in [-0.15, -0.1) is 0 Å². The van der Waals surface area contributed by atoms with Crippen LogP contribution in [0.4, 0.5) is 0 Å². The van der Waals surface area contributed by atoms with Crippen LogP contribution < -0.4 is 0 Å². The number of hydrogen-bond donors (Lipinski definition) is 1. The largest absolute Gasteiger partial charge is 0.507 e. The highest BCUT2D eigenvalue weighted by Crippen LogP contribution is 2.21. The number of rotatable bonds is 7. The van der Waals surface area contributed by atoms with Crippen molar-refractivity contribution in [3.63, 3.8) is 0 Å². The van der Waals surface area contributed by atoms with Crippen molar-refractivity contribution >= 4 is 5.91 Å². The third kappa shape index (κ3) is 4.21. The lowest BCUT2D eigenvalue weighted by molar-refractivity contribution is 0.0477. The second kappa shape index (κ2) is 7.87. The quantitative estimate of drug-likeness (QED) is 0.828. The van der Waals surface area contributed by atoms with Crippen LogP contribution in [-0.2, 0) is 9.47 Å². The highest BCUT2D eigenvalue weighted by Gasteiger charge is 2.23. The normalized spacial score (nSPS) is 12.2. The first-order chi connectivity index (χ1) is 9.51. The summed E-state index contributed by atoms with van der Waals surface area (Å²) in [5, 5.41) is 9.94. The van der Waals surface area contributed by atoms with Crippen LogP contribution in [0.1, 0.15) is 22.8 Å². The molecule has 20 heavy (non-hydrogen) atoms. The lowest BCUT2D eigenvalue weighted by Gasteiger charge is -2.29. The molecular weight excluding hydrogens is 258 g/mol. The van der Waals surface area contributed by atoms with Crippen molar-refractivity contribution in [3.05, 3.63) is 29.3 Å². The van der Waals surface area contributed by atoms with Crippen LogP contribution in [-0.4, -0.2) is 55.9 Å². The Morgan fingerprint density at radius 1 is 1.35 bits per heavy atom. The summed E-state index contributed by atoms with van der Waals surface area (Å²) in [7, 11) is 3.19. The van der Waals surface area contributed by atoms with E-state index in [-0.39, 0.29) is 17.7 Å². The van der Waals surface area contributed by atoms with Crippen molar-refractivity contribution in [1.82, 2.24) is 4.90 Å². The molecule has 1 N–H and O–H groups in total. The molecule has 1 unspecified atom stereocenters. The summed E-state index contributed by atoms with van der Waals surface area (Å²) in [6.07, 6.45) is 0. The van der Waals surface area contributed by atoms with Crippen LogP contribution in [0.3, 0.4) is 0 Å². The maximum atomic E-state index is 12.6. The smallest absolute Gasteiger partial charge is 0.258 e. The van der Waals surface area contributed by atoms with E-state index in [1.807, 2.05) is 19.9 Å². The molecule has 1 amide bonds. The second-order valence-electron chi connectivity index (χ2n) is 4.82. The number of nitrogens with zero attached hydrogens (tertiary/aromatic N) is 1. The van der Waals surface area contributed by atoms with Gasteiger partial charge in [0.05, 0.1) is 24.8 Å². The summed E-state index contributed by atoms with van der Waals surface area (Å²) in [6, 6.07) is 4.95. The fraction of sp³-hybridized carbons (Fsp3) is 0.533. The highest BCUT2D eigenvalue weighted by atomic mass is 16.5. The number of aryl methyl sites for hydroxylation is 1. The van der Waals surface area contributed by atoms with Gasteiger partial charge in [0.25, 0.3) is 5.91 Å². The Bertz CT molecular complexity index is 447. The third-order valence-corrected chi connectivity index (χ3v) is 3.12. The Morgan fingerprint density at radius 3 is 2.60 bits per heavy atom. The molecule has 0 aliphatic heterocycles. The third-order valence-electron chi connectivity index (χ3n) is 3.12. The zero-order valence-corrected chi connectivity index (χ0v) is 12.5. The number of carbonyl (C=O) groups is 1. The Labute approximate surface area is 120 Å². The number of methoxy groups -OCH3 is 2. The average molecular weight is 281 g/mol. The van der Waals surface area contributed by atoms with E-state index in [1.165, 1.54) is 0 Å². The molecule has 0 saturated carbocycles. The van der Waals surface area contributed by atoms with Gasteiger partial charge in [0, 0.05) is 20.8 Å². The first-order valence-corrected chi connectivity index (χ1v) is 6.59. The molecule has 0 spiro atoms. The SMILES string of the molecule is COCCN(C(=O)c1ccc(C)cc1O)C(C)COC. The van der Waals surface area contributed by atoms with Crippen LogP contribution in [0, 0.1) is 6.92 Å². The number of phenolic OH excluding ortho intramolecular Hbond substituents is 1. The van der Waals surface area contributed by atoms with Gasteiger partial charge in [-0.3, -0.25) is 4.79 Å². The van der Waals surface area contributed by atoms with Crippen molar-refractivity contribution < 1.29 is 19.4 Å². The van der Waals surface area contributed by atoms with Crippen molar-refractivity contribution in [2.24, 2.45) is 0 Å². The summed E-state index contributed by atoms with van der Waals surface area (Å²) < 4.78 is 10.1. The van der Waals surface area contributed by atoms with Crippen LogP contribution >= 0.6 is 0 Å². The van der Waals surface area contributed by atoms with Crippen LogP contribution in [0.5, 0.6) is 5.75 Å². The predicted molar refractivity (Wildman–Crippen MR) is 77.1 cm³/mol. The van der Waals surface area contributed by atoms with E-state index in [0.717, 1.165) is 5.56 Å². The van der Waals surface area contributed by atoms with Gasteiger partial charge in [-0.25, -0.2) is 0 Å². The van der Waals surface area contributed by atoms with Crippen molar-refractivity contribution in [2.45, 2.75) is 19.9 Å². The van der Waals surface area contributed by atoms with E-state index in [4.69, 9.17) is 9.47 Å². The van der Waals surface area contributed by atoms with Crippen molar-refractivity contribution in [3.8, 4) is 5.75 Å². The van der Waals surface area contributed by atoms with Gasteiger partial charge < -0.3 is 19.5 Å². The maximum absolute atomic E-state index is 12.6. The van der Waals surface area contributed by atoms with E-state index in [1.54, 1.807) is 31.3 Å². The molecule has 0 heterocycles. The molecule has 0 saturated heterocycles. The lowest BCUT2D eigenvalue weighted by atomic mass is 10.1. The Morgan fingerprint density at radius 2 is 2.05 bits per heavy atom. The standard InChI is InChI=1S/C15H23NO4/c1-11-5-6-13(14(17)9-11)15(18)16(7-8-19-3)12(2)10-20-4/h5-6,9,12,17H,7-8,10H2,1-4H3. The number of ether oxygens (including phenoxy) is 2. The van der Waals surface area contributed by atoms with Gasteiger partial charge in [-0.05, 0) is 31.5 Å². The monoisotopic (exact) mass is 281 g/mol. The molecule has 0 fully saturated rings. The molecule has 0 aliphatic rings. The fourth-order valence-corrected chi connectivity index (χ4v) is 2.02. The van der Waals surface area contributed by atoms with Crippen molar-refractivity contribution in [1.29, 1.82) is 0 Å². The van der Waals surface area contributed by atoms with Gasteiger partial charge >= 0.3 is 0 Å². The summed E-state index contributed by atoms with van der Waals surface area (Å²) in [6.45, 7) is 5.09. The number of carbonyl (C=O) groups excluding carboxylic acids is 1. The van der Waals surface area contributed by atoms with Crippen LogP contribution in [0.15, 0.2) is 18.2 Å². The molecule has 0 bridgehead atoms. The Hall–Kier alpha value is -1.59. The van der Waals surface area contributed by atoms with Crippen LogP contribution in [0.2, 0.25) is 0 Å². The lowest BCUT2D eigenvalue weighted by Crippen LogP contribution is -2.43. The summed E-state index contributed by atoms with van der Waals surface area (Å²) >= 11 is 0. The minimum absolute atomic E-state index is 0.00188. The van der Waals surface area contributed by atoms with E-state index < -0.39 is 0 Å². The molecule has 0 radical (unpaired) electrons. The summed E-state index contributed by atoms with van der Waals surface area (Å²) in [4.78, 5) is 14.2. The van der Waals surface area contributed by atoms with E-state index in [9.17, 15) is 9.90 Å². The second-order valence-corrected chi connectivity index (χ2v) is 4.82. The number of phenols is 1. The van der Waals surface area contributed by atoms with Gasteiger partial charge in [-0.2, -0.15) is 0 Å². The molecular formula is C15H23NO4. The van der Waals surface area contributed by atoms with Gasteiger partial charge in [0.15, 0.2) is 0 Å². The van der Waals surface area contributed by atoms with Crippen molar-refractivity contribution in [2.75, 3.05) is 34.0 Å². The fourth-order valence-electron chi connectivity index (χ4n) is 2.02. The first kappa shape index (κ1) is 16.5. The molecule has 0 aliphatic carbocycles. The van der Waals surface area contributed by atoms with Gasteiger partial charge in [0.2, 0.25) is 0 Å². The predicted octanol–water partition coefficient (Wildman–Crippen LogP) is 1.82. The summed E-state index contributed by atoms with van der Waals surface area (Å²) in [5.41, 5.74) is 1.21. The molecule has 1 aromatic rings. The number of aromatic hydroxyl groups is 1. The van der Waals surface area contributed by atoms with E-state index >= 15 is 0 Å². The topological polar surface area (TPSA) is 59.0 Å². The minimum atomic E-state index is -0.218. The maximum Gasteiger partial charge on any atom is 0.258 e. The molecule has 1 rings (SSSR count). The van der Waals surface area contributed by atoms with E-state index in [0.29, 0.717) is 25.3 Å². The molecule has 1 atom stereocenters. The van der Waals surface area contributed by atoms with Gasteiger partial charge in [-0.1, -0.05) is 6.07 Å². The van der Waals surface area contributed by atoms with Crippen LogP contribution in [0.25, 0.3) is 0 Å². The molecule has 0 aromatic heterocycles. The number of amides is 1. The molecule has 5 nitrogen and oxygen atoms in total. The minimum Gasteiger partial charge on any atom is -0.507 e. The molecule has 5 heteroatoms. The Balaban J connectivity index is 2.96. The molecule has 112 valence electrons.